The lowest BCUT2D eigenvalue weighted by Crippen LogP contribution is -2.05. The molecule has 0 heterocycles. The van der Waals surface area contributed by atoms with Gasteiger partial charge in [0.1, 0.15) is 0 Å². The molecule has 3 heteroatoms. The van der Waals surface area contributed by atoms with E-state index in [2.05, 4.69) is 0 Å². The number of benzene rings is 1. The van der Waals surface area contributed by atoms with Crippen LogP contribution >= 0.6 is 0 Å². The van der Waals surface area contributed by atoms with Gasteiger partial charge in [-0.3, -0.25) is 0 Å². The summed E-state index contributed by atoms with van der Waals surface area (Å²) in [5.41, 5.74) is 8.60. The summed E-state index contributed by atoms with van der Waals surface area (Å²) in [6.45, 7) is 4.47. The van der Waals surface area contributed by atoms with E-state index < -0.39 is 0 Å². The summed E-state index contributed by atoms with van der Waals surface area (Å²) in [5, 5.41) is 9.71. The van der Waals surface area contributed by atoms with Gasteiger partial charge in [-0.25, -0.2) is 0 Å². The number of hydrogen-bond acceptors (Lipinski definition) is 3. The highest BCUT2D eigenvalue weighted by molar-refractivity contribution is 5.52. The fraction of sp³-hybridized carbons (Fsp3) is 0.455. The predicted octanol–water partition coefficient (Wildman–Crippen LogP) is 1.52. The average Bonchev–Trinajstić information content (AvgIpc) is 2.19. The smallest absolute Gasteiger partial charge is 0.161 e. The third-order valence-electron chi connectivity index (χ3n) is 2.57. The number of methoxy groups -OCH3 is 1. The second-order valence-electron chi connectivity index (χ2n) is 3.38. The van der Waals surface area contributed by atoms with Gasteiger partial charge in [-0.15, -0.1) is 0 Å². The summed E-state index contributed by atoms with van der Waals surface area (Å²) in [6, 6.07) is 1.85. The highest BCUT2D eigenvalue weighted by atomic mass is 16.5. The van der Waals surface area contributed by atoms with E-state index in [1.54, 1.807) is 7.11 Å². The van der Waals surface area contributed by atoms with Gasteiger partial charge in [-0.1, -0.05) is 0 Å². The first-order chi connectivity index (χ1) is 6.61. The number of rotatable bonds is 3. The lowest BCUT2D eigenvalue weighted by Gasteiger charge is -2.13. The zero-order valence-corrected chi connectivity index (χ0v) is 8.92. The van der Waals surface area contributed by atoms with Crippen molar-refractivity contribution in [3.63, 3.8) is 0 Å². The molecule has 1 aromatic carbocycles. The largest absolute Gasteiger partial charge is 0.504 e. The molecule has 0 atom stereocenters. The van der Waals surface area contributed by atoms with E-state index in [1.165, 1.54) is 0 Å². The van der Waals surface area contributed by atoms with Gasteiger partial charge in [0.25, 0.3) is 0 Å². The molecule has 0 spiro atoms. The lowest BCUT2D eigenvalue weighted by atomic mass is 9.99. The fourth-order valence-corrected chi connectivity index (χ4v) is 1.51. The zero-order chi connectivity index (χ0) is 10.7. The molecule has 0 aromatic heterocycles. The number of aromatic hydroxyl groups is 1. The third-order valence-corrected chi connectivity index (χ3v) is 2.57. The molecule has 3 nitrogen and oxygen atoms in total. The van der Waals surface area contributed by atoms with Crippen molar-refractivity contribution in [2.45, 2.75) is 20.3 Å². The molecule has 0 aliphatic carbocycles. The molecule has 14 heavy (non-hydrogen) atoms. The Kier molecular flexibility index (Phi) is 3.36. The SMILES string of the molecule is COc1cc(CCN)c(C)c(C)c1O. The molecule has 1 rings (SSSR count). The second kappa shape index (κ2) is 4.33. The topological polar surface area (TPSA) is 55.5 Å². The Balaban J connectivity index is 3.25. The Morgan fingerprint density at radius 3 is 2.50 bits per heavy atom. The molecular weight excluding hydrogens is 178 g/mol. The first kappa shape index (κ1) is 10.9. The molecule has 0 aliphatic rings. The van der Waals surface area contributed by atoms with Gasteiger partial charge in [-0.2, -0.15) is 0 Å². The highest BCUT2D eigenvalue weighted by Crippen LogP contribution is 2.33. The van der Waals surface area contributed by atoms with E-state index >= 15 is 0 Å². The van der Waals surface area contributed by atoms with E-state index in [9.17, 15) is 5.11 Å². The van der Waals surface area contributed by atoms with Crippen molar-refractivity contribution in [2.75, 3.05) is 13.7 Å². The zero-order valence-electron chi connectivity index (χ0n) is 8.92. The minimum atomic E-state index is 0.228. The van der Waals surface area contributed by atoms with Crippen molar-refractivity contribution in [3.8, 4) is 11.5 Å². The summed E-state index contributed by atoms with van der Waals surface area (Å²) in [7, 11) is 1.55. The van der Waals surface area contributed by atoms with Crippen LogP contribution in [0.2, 0.25) is 0 Å². The molecular formula is C11H17NO2. The van der Waals surface area contributed by atoms with Gasteiger partial charge in [-0.05, 0) is 49.6 Å². The molecule has 0 radical (unpaired) electrons. The summed E-state index contributed by atoms with van der Waals surface area (Å²) < 4.78 is 5.08. The van der Waals surface area contributed by atoms with Crippen LogP contribution in [0.4, 0.5) is 0 Å². The maximum absolute atomic E-state index is 9.71. The van der Waals surface area contributed by atoms with Crippen LogP contribution in [0.3, 0.4) is 0 Å². The van der Waals surface area contributed by atoms with E-state index in [-0.39, 0.29) is 5.75 Å². The predicted molar refractivity (Wildman–Crippen MR) is 56.9 cm³/mol. The Bertz CT molecular complexity index is 335. The number of phenols is 1. The van der Waals surface area contributed by atoms with Crippen molar-refractivity contribution in [1.29, 1.82) is 0 Å². The minimum Gasteiger partial charge on any atom is -0.504 e. The van der Waals surface area contributed by atoms with Crippen LogP contribution in [-0.4, -0.2) is 18.8 Å². The van der Waals surface area contributed by atoms with Crippen LogP contribution in [0.15, 0.2) is 6.07 Å². The standard InChI is InChI=1S/C11H17NO2/c1-7-8(2)11(13)10(14-3)6-9(7)4-5-12/h6,13H,4-5,12H2,1-3H3. The third kappa shape index (κ3) is 1.82. The van der Waals surface area contributed by atoms with Crippen LogP contribution in [0.1, 0.15) is 16.7 Å². The number of phenolic OH excluding ortho intramolecular Hbond substituents is 1. The number of nitrogens with two attached hydrogens (primary N) is 1. The van der Waals surface area contributed by atoms with Gasteiger partial charge in [0.2, 0.25) is 0 Å². The van der Waals surface area contributed by atoms with E-state index in [0.29, 0.717) is 12.3 Å². The van der Waals surface area contributed by atoms with Crippen molar-refractivity contribution in [2.24, 2.45) is 5.73 Å². The summed E-state index contributed by atoms with van der Waals surface area (Å²) in [4.78, 5) is 0. The maximum Gasteiger partial charge on any atom is 0.161 e. The first-order valence-electron chi connectivity index (χ1n) is 4.68. The minimum absolute atomic E-state index is 0.228. The van der Waals surface area contributed by atoms with E-state index in [4.69, 9.17) is 10.5 Å². The first-order valence-corrected chi connectivity index (χ1v) is 4.68. The lowest BCUT2D eigenvalue weighted by molar-refractivity contribution is 0.371. The average molecular weight is 195 g/mol. The molecule has 0 fully saturated rings. The summed E-state index contributed by atoms with van der Waals surface area (Å²) >= 11 is 0. The Hall–Kier alpha value is -1.22. The quantitative estimate of drug-likeness (QED) is 0.768. The van der Waals surface area contributed by atoms with Crippen LogP contribution in [0, 0.1) is 13.8 Å². The van der Waals surface area contributed by atoms with Gasteiger partial charge in [0.05, 0.1) is 7.11 Å². The van der Waals surface area contributed by atoms with Crippen molar-refractivity contribution in [1.82, 2.24) is 0 Å². The molecule has 0 amide bonds. The van der Waals surface area contributed by atoms with Gasteiger partial charge >= 0.3 is 0 Å². The van der Waals surface area contributed by atoms with Crippen molar-refractivity contribution < 1.29 is 9.84 Å². The fourth-order valence-electron chi connectivity index (χ4n) is 1.51. The molecule has 78 valence electrons. The number of ether oxygens (including phenoxy) is 1. The molecule has 0 aliphatic heterocycles. The highest BCUT2D eigenvalue weighted by Gasteiger charge is 2.11. The van der Waals surface area contributed by atoms with Crippen molar-refractivity contribution >= 4 is 0 Å². The Morgan fingerprint density at radius 2 is 2.00 bits per heavy atom. The molecule has 0 bridgehead atoms. The van der Waals surface area contributed by atoms with E-state index in [0.717, 1.165) is 23.1 Å². The molecule has 0 saturated carbocycles. The molecule has 3 N–H and O–H groups in total. The van der Waals surface area contributed by atoms with E-state index in [1.807, 2.05) is 19.9 Å². The molecule has 0 saturated heterocycles. The molecule has 0 unspecified atom stereocenters. The van der Waals surface area contributed by atoms with Crippen LogP contribution in [0.5, 0.6) is 11.5 Å². The van der Waals surface area contributed by atoms with Crippen molar-refractivity contribution in [3.05, 3.63) is 22.8 Å². The summed E-state index contributed by atoms with van der Waals surface area (Å²) in [6.07, 6.45) is 0.809. The Morgan fingerprint density at radius 1 is 1.36 bits per heavy atom. The maximum atomic E-state index is 9.71. The van der Waals surface area contributed by atoms with Gasteiger partial charge < -0.3 is 15.6 Å². The normalized spacial score (nSPS) is 10.3. The van der Waals surface area contributed by atoms with Crippen LogP contribution in [0.25, 0.3) is 0 Å². The number of hydrogen-bond donors (Lipinski definition) is 2. The second-order valence-corrected chi connectivity index (χ2v) is 3.38. The molecule has 1 aromatic rings. The van der Waals surface area contributed by atoms with Gasteiger partial charge in [0, 0.05) is 0 Å². The summed E-state index contributed by atoms with van der Waals surface area (Å²) in [5.74, 6) is 0.752. The van der Waals surface area contributed by atoms with Crippen LogP contribution < -0.4 is 10.5 Å². The van der Waals surface area contributed by atoms with Crippen LogP contribution in [-0.2, 0) is 6.42 Å². The monoisotopic (exact) mass is 195 g/mol. The van der Waals surface area contributed by atoms with Gasteiger partial charge in [0.15, 0.2) is 11.5 Å². The Labute approximate surface area is 84.5 Å².